The fourth-order valence-corrected chi connectivity index (χ4v) is 3.53. The largest absolute Gasteiger partial charge is 0.317 e. The van der Waals surface area contributed by atoms with Gasteiger partial charge in [-0.05, 0) is 31.4 Å². The number of carbonyl (C=O) groups is 1. The Balaban J connectivity index is 1.85. The Labute approximate surface area is 116 Å². The number of nitrogens with two attached hydrogens (primary N) is 1. The average molecular weight is 275 g/mol. The van der Waals surface area contributed by atoms with Crippen molar-refractivity contribution < 1.29 is 4.79 Å². The molecular weight excluding hydrogens is 258 g/mol. The Hall–Kier alpha value is -1.46. The SMILES string of the molecule is Cc1cccc2sc(NC(=O)C3(N)CCCC3)nc12. The third-order valence-corrected chi connectivity index (χ3v) is 4.73. The molecule has 0 spiro atoms. The Morgan fingerprint density at radius 3 is 2.84 bits per heavy atom. The molecule has 0 radical (unpaired) electrons. The summed E-state index contributed by atoms with van der Waals surface area (Å²) in [6.45, 7) is 2.02. The van der Waals surface area contributed by atoms with E-state index in [9.17, 15) is 4.79 Å². The van der Waals surface area contributed by atoms with Crippen molar-refractivity contribution in [3.63, 3.8) is 0 Å². The molecule has 19 heavy (non-hydrogen) atoms. The van der Waals surface area contributed by atoms with Gasteiger partial charge in [-0.1, -0.05) is 36.3 Å². The maximum absolute atomic E-state index is 12.2. The highest BCUT2D eigenvalue weighted by Gasteiger charge is 2.37. The molecule has 0 atom stereocenters. The normalized spacial score (nSPS) is 17.8. The van der Waals surface area contributed by atoms with Crippen LogP contribution < -0.4 is 11.1 Å². The van der Waals surface area contributed by atoms with Crippen LogP contribution in [0.15, 0.2) is 18.2 Å². The minimum atomic E-state index is -0.701. The van der Waals surface area contributed by atoms with E-state index in [1.54, 1.807) is 0 Å². The number of benzene rings is 1. The second-order valence-corrected chi connectivity index (χ2v) is 6.29. The maximum atomic E-state index is 12.2. The number of hydrogen-bond donors (Lipinski definition) is 2. The van der Waals surface area contributed by atoms with Crippen LogP contribution in [0.5, 0.6) is 0 Å². The lowest BCUT2D eigenvalue weighted by Gasteiger charge is -2.21. The molecular formula is C14H17N3OS. The Morgan fingerprint density at radius 2 is 2.16 bits per heavy atom. The quantitative estimate of drug-likeness (QED) is 0.885. The number of aryl methyl sites for hydroxylation is 1. The minimum Gasteiger partial charge on any atom is -0.317 e. The first-order valence-corrected chi connectivity index (χ1v) is 7.37. The lowest BCUT2D eigenvalue weighted by Crippen LogP contribution is -2.48. The topological polar surface area (TPSA) is 68.0 Å². The van der Waals surface area contributed by atoms with Gasteiger partial charge in [-0.15, -0.1) is 0 Å². The zero-order valence-electron chi connectivity index (χ0n) is 10.9. The first kappa shape index (κ1) is 12.6. The summed E-state index contributed by atoms with van der Waals surface area (Å²) >= 11 is 1.50. The molecule has 0 saturated heterocycles. The van der Waals surface area contributed by atoms with Crippen molar-refractivity contribution in [3.8, 4) is 0 Å². The van der Waals surface area contributed by atoms with E-state index in [1.807, 2.05) is 25.1 Å². The molecule has 1 aromatic heterocycles. The van der Waals surface area contributed by atoms with Crippen molar-refractivity contribution in [1.29, 1.82) is 0 Å². The van der Waals surface area contributed by atoms with Gasteiger partial charge in [-0.3, -0.25) is 4.79 Å². The number of anilines is 1. The van der Waals surface area contributed by atoms with Crippen molar-refractivity contribution in [2.75, 3.05) is 5.32 Å². The summed E-state index contributed by atoms with van der Waals surface area (Å²) in [5.74, 6) is -0.0956. The molecule has 1 aliphatic rings. The van der Waals surface area contributed by atoms with E-state index in [-0.39, 0.29) is 5.91 Å². The lowest BCUT2D eigenvalue weighted by molar-refractivity contribution is -0.120. The lowest BCUT2D eigenvalue weighted by atomic mass is 9.98. The number of fused-ring (bicyclic) bond motifs is 1. The molecule has 5 heteroatoms. The first-order valence-electron chi connectivity index (χ1n) is 6.55. The van der Waals surface area contributed by atoms with E-state index in [0.717, 1.165) is 41.5 Å². The van der Waals surface area contributed by atoms with Crippen LogP contribution in [0, 0.1) is 6.92 Å². The standard InChI is InChI=1S/C14H17N3OS/c1-9-5-4-6-10-11(9)16-13(19-10)17-12(18)14(15)7-2-3-8-14/h4-6H,2-3,7-8,15H2,1H3,(H,16,17,18). The summed E-state index contributed by atoms with van der Waals surface area (Å²) in [5, 5.41) is 3.53. The van der Waals surface area contributed by atoms with Gasteiger partial charge < -0.3 is 11.1 Å². The Kier molecular flexibility index (Phi) is 3.03. The first-order chi connectivity index (χ1) is 9.08. The number of nitrogens with one attached hydrogen (secondary N) is 1. The smallest absolute Gasteiger partial charge is 0.246 e. The zero-order chi connectivity index (χ0) is 13.5. The van der Waals surface area contributed by atoms with Crippen molar-refractivity contribution >= 4 is 32.6 Å². The summed E-state index contributed by atoms with van der Waals surface area (Å²) < 4.78 is 1.09. The molecule has 3 N–H and O–H groups in total. The molecule has 1 saturated carbocycles. The highest BCUT2D eigenvalue weighted by molar-refractivity contribution is 7.22. The highest BCUT2D eigenvalue weighted by Crippen LogP contribution is 2.31. The number of nitrogens with zero attached hydrogens (tertiary/aromatic N) is 1. The number of rotatable bonds is 2. The summed E-state index contributed by atoms with van der Waals surface area (Å²) in [4.78, 5) is 16.7. The number of hydrogen-bond acceptors (Lipinski definition) is 4. The number of amides is 1. The second kappa shape index (κ2) is 4.58. The monoisotopic (exact) mass is 275 g/mol. The summed E-state index contributed by atoms with van der Waals surface area (Å²) in [7, 11) is 0. The van der Waals surface area contributed by atoms with Crippen LogP contribution in [-0.2, 0) is 4.79 Å². The van der Waals surface area contributed by atoms with Crippen LogP contribution in [0.3, 0.4) is 0 Å². The summed E-state index contributed by atoms with van der Waals surface area (Å²) in [6.07, 6.45) is 3.59. The third kappa shape index (κ3) is 2.24. The number of carbonyl (C=O) groups excluding carboxylic acids is 1. The van der Waals surface area contributed by atoms with Crippen LogP contribution in [0.2, 0.25) is 0 Å². The van der Waals surface area contributed by atoms with Gasteiger partial charge in [0.2, 0.25) is 5.91 Å². The van der Waals surface area contributed by atoms with Gasteiger partial charge in [0.05, 0.1) is 15.8 Å². The highest BCUT2D eigenvalue weighted by atomic mass is 32.1. The molecule has 3 rings (SSSR count). The Bertz CT molecular complexity index is 629. The predicted molar refractivity (Wildman–Crippen MR) is 78.4 cm³/mol. The average Bonchev–Trinajstić information content (AvgIpc) is 2.97. The van der Waals surface area contributed by atoms with E-state index >= 15 is 0 Å². The molecule has 1 amide bonds. The molecule has 0 aliphatic heterocycles. The molecule has 1 aromatic carbocycles. The number of para-hydroxylation sites is 1. The van der Waals surface area contributed by atoms with Gasteiger partial charge in [0.15, 0.2) is 5.13 Å². The van der Waals surface area contributed by atoms with Crippen LogP contribution in [0.25, 0.3) is 10.2 Å². The molecule has 1 fully saturated rings. The van der Waals surface area contributed by atoms with Gasteiger partial charge >= 0.3 is 0 Å². The predicted octanol–water partition coefficient (Wildman–Crippen LogP) is 2.81. The minimum absolute atomic E-state index is 0.0956. The fraction of sp³-hybridized carbons (Fsp3) is 0.429. The van der Waals surface area contributed by atoms with Crippen LogP contribution in [0.4, 0.5) is 5.13 Å². The van der Waals surface area contributed by atoms with E-state index in [1.165, 1.54) is 11.3 Å². The van der Waals surface area contributed by atoms with E-state index < -0.39 is 5.54 Å². The molecule has 1 aliphatic carbocycles. The van der Waals surface area contributed by atoms with E-state index in [2.05, 4.69) is 10.3 Å². The van der Waals surface area contributed by atoms with Gasteiger partial charge in [0.25, 0.3) is 0 Å². The molecule has 100 valence electrons. The summed E-state index contributed by atoms with van der Waals surface area (Å²) in [5.41, 5.74) is 7.52. The van der Waals surface area contributed by atoms with Crippen LogP contribution in [-0.4, -0.2) is 16.4 Å². The second-order valence-electron chi connectivity index (χ2n) is 5.26. The number of thiazole rings is 1. The van der Waals surface area contributed by atoms with Crippen molar-refractivity contribution in [1.82, 2.24) is 4.98 Å². The Morgan fingerprint density at radius 1 is 1.42 bits per heavy atom. The molecule has 0 unspecified atom stereocenters. The van der Waals surface area contributed by atoms with Crippen molar-refractivity contribution in [3.05, 3.63) is 23.8 Å². The van der Waals surface area contributed by atoms with Gasteiger partial charge in [0, 0.05) is 0 Å². The molecule has 0 bridgehead atoms. The van der Waals surface area contributed by atoms with Gasteiger partial charge in [-0.25, -0.2) is 4.98 Å². The van der Waals surface area contributed by atoms with E-state index in [0.29, 0.717) is 5.13 Å². The summed E-state index contributed by atoms with van der Waals surface area (Å²) in [6, 6.07) is 6.04. The maximum Gasteiger partial charge on any atom is 0.246 e. The van der Waals surface area contributed by atoms with Crippen LogP contribution in [0.1, 0.15) is 31.2 Å². The molecule has 2 aromatic rings. The van der Waals surface area contributed by atoms with Gasteiger partial charge in [-0.2, -0.15) is 0 Å². The number of aromatic nitrogens is 1. The molecule has 1 heterocycles. The molecule has 4 nitrogen and oxygen atoms in total. The van der Waals surface area contributed by atoms with Crippen molar-refractivity contribution in [2.24, 2.45) is 5.73 Å². The van der Waals surface area contributed by atoms with E-state index in [4.69, 9.17) is 5.73 Å². The fourth-order valence-electron chi connectivity index (χ4n) is 2.59. The van der Waals surface area contributed by atoms with Gasteiger partial charge in [0.1, 0.15) is 0 Å². The van der Waals surface area contributed by atoms with Crippen molar-refractivity contribution in [2.45, 2.75) is 38.1 Å². The third-order valence-electron chi connectivity index (χ3n) is 3.79. The van der Waals surface area contributed by atoms with Crippen LogP contribution >= 0.6 is 11.3 Å². The zero-order valence-corrected chi connectivity index (χ0v) is 11.7.